The molecule has 0 aliphatic carbocycles. The van der Waals surface area contributed by atoms with Crippen molar-refractivity contribution in [1.29, 1.82) is 0 Å². The van der Waals surface area contributed by atoms with Gasteiger partial charge in [0.15, 0.2) is 17.4 Å². The molecule has 10 aromatic rings. The van der Waals surface area contributed by atoms with Gasteiger partial charge in [-0.15, -0.1) is 0 Å². The van der Waals surface area contributed by atoms with Crippen molar-refractivity contribution in [3.05, 3.63) is 169 Å². The minimum atomic E-state index is -4.75. The van der Waals surface area contributed by atoms with Gasteiger partial charge in [-0.05, 0) is 54.6 Å². The number of carbonyl (C=O) groups excluding carboxylic acids is 1. The van der Waals surface area contributed by atoms with E-state index in [1.54, 1.807) is 24.3 Å². The molecule has 0 spiro atoms. The summed E-state index contributed by atoms with van der Waals surface area (Å²) in [6.07, 6.45) is 0. The fraction of sp³-hybridized carbons (Fsp3) is 0.0213. The molecule has 11 nitrogen and oxygen atoms in total. The number of phenols is 1. The molecule has 0 saturated carbocycles. The Kier molecular flexibility index (Phi) is 8.33. The number of ether oxygens (including phenoxy) is 1. The van der Waals surface area contributed by atoms with E-state index in [0.717, 1.165) is 72.6 Å². The smallest absolute Gasteiger partial charge is 0.298 e. The number of hydrogen-bond acceptors (Lipinski definition) is 8. The maximum absolute atomic E-state index is 13.7. The minimum Gasteiger partial charge on any atom is -0.507 e. The molecule has 12 heteroatoms. The summed E-state index contributed by atoms with van der Waals surface area (Å²) in [5.41, 5.74) is 6.12. The molecule has 59 heavy (non-hydrogen) atoms. The fourth-order valence-corrected chi connectivity index (χ4v) is 8.49. The van der Waals surface area contributed by atoms with Gasteiger partial charge in [0.1, 0.15) is 16.4 Å². The lowest BCUT2D eigenvalue weighted by Gasteiger charge is -2.12. The third-order valence-corrected chi connectivity index (χ3v) is 11.4. The molecule has 0 atom stereocenters. The number of phenolic OH excluding ortho intramolecular Hbond substituents is 1. The summed E-state index contributed by atoms with van der Waals surface area (Å²) in [6.45, 7) is 0. The Morgan fingerprint density at radius 2 is 1.08 bits per heavy atom. The van der Waals surface area contributed by atoms with Crippen molar-refractivity contribution in [2.24, 2.45) is 0 Å². The van der Waals surface area contributed by atoms with Crippen LogP contribution in [0.5, 0.6) is 11.5 Å². The number of aromatic hydroxyl groups is 1. The SMILES string of the molecule is COc1cc(O)c(C(=O)c2ccc(-n3c4ccccc4c4cc5c(cc43)c3ccccc3n5-c3nc(-c4ccccc4)nc(-c4ccccc4)n3)cc2)cc1S(=O)(=O)O. The van der Waals surface area contributed by atoms with Crippen molar-refractivity contribution in [3.8, 4) is 45.9 Å². The van der Waals surface area contributed by atoms with E-state index in [9.17, 15) is 22.9 Å². The molecular weight excluding hydrogens is 763 g/mol. The molecule has 286 valence electrons. The Hall–Kier alpha value is -7.67. The number of benzene rings is 7. The highest BCUT2D eigenvalue weighted by atomic mass is 32.2. The van der Waals surface area contributed by atoms with Gasteiger partial charge in [0.25, 0.3) is 10.1 Å². The Morgan fingerprint density at radius 3 is 1.63 bits per heavy atom. The normalized spacial score (nSPS) is 11.8. The maximum Gasteiger partial charge on any atom is 0.298 e. The summed E-state index contributed by atoms with van der Waals surface area (Å²) in [7, 11) is -3.56. The Bertz CT molecular complexity index is 3360. The van der Waals surface area contributed by atoms with Crippen LogP contribution in [-0.2, 0) is 10.1 Å². The molecule has 0 radical (unpaired) electrons. The lowest BCUT2D eigenvalue weighted by atomic mass is 10.0. The van der Waals surface area contributed by atoms with Crippen LogP contribution in [0.1, 0.15) is 15.9 Å². The highest BCUT2D eigenvalue weighted by molar-refractivity contribution is 7.86. The Morgan fingerprint density at radius 1 is 0.576 bits per heavy atom. The summed E-state index contributed by atoms with van der Waals surface area (Å²) in [6, 6.07) is 49.1. The molecule has 0 unspecified atom stereocenters. The Balaban J connectivity index is 1.16. The largest absolute Gasteiger partial charge is 0.507 e. The molecule has 2 N–H and O–H groups in total. The van der Waals surface area contributed by atoms with Crippen molar-refractivity contribution in [1.82, 2.24) is 24.1 Å². The second-order valence-corrected chi connectivity index (χ2v) is 15.4. The van der Waals surface area contributed by atoms with Gasteiger partial charge >= 0.3 is 0 Å². The number of hydrogen-bond donors (Lipinski definition) is 2. The number of nitrogens with zero attached hydrogens (tertiary/aromatic N) is 5. The number of carbonyl (C=O) groups is 1. The van der Waals surface area contributed by atoms with Gasteiger partial charge in [-0.2, -0.15) is 18.4 Å². The summed E-state index contributed by atoms with van der Waals surface area (Å²) < 4.78 is 43.1. The molecule has 0 fully saturated rings. The molecule has 0 aliphatic heterocycles. The van der Waals surface area contributed by atoms with Crippen LogP contribution in [-0.4, -0.2) is 55.1 Å². The van der Waals surface area contributed by atoms with Gasteiger partial charge in [0.05, 0.1) is 34.7 Å². The lowest BCUT2D eigenvalue weighted by molar-refractivity contribution is 0.103. The van der Waals surface area contributed by atoms with Crippen LogP contribution >= 0.6 is 0 Å². The molecule has 0 amide bonds. The monoisotopic (exact) mass is 793 g/mol. The zero-order chi connectivity index (χ0) is 40.4. The molecule has 10 rings (SSSR count). The molecule has 3 aromatic heterocycles. The van der Waals surface area contributed by atoms with Crippen molar-refractivity contribution >= 4 is 59.5 Å². The van der Waals surface area contributed by atoms with E-state index < -0.39 is 26.5 Å². The third-order valence-electron chi connectivity index (χ3n) is 10.5. The molecule has 3 heterocycles. The van der Waals surface area contributed by atoms with E-state index in [0.29, 0.717) is 17.6 Å². The van der Waals surface area contributed by atoms with Gasteiger partial charge in [-0.25, -0.2) is 4.98 Å². The zero-order valence-electron chi connectivity index (χ0n) is 31.2. The van der Waals surface area contributed by atoms with Crippen LogP contribution in [0.2, 0.25) is 0 Å². The summed E-state index contributed by atoms with van der Waals surface area (Å²) in [5, 5.41) is 14.6. The quantitative estimate of drug-likeness (QED) is 0.113. The fourth-order valence-electron chi connectivity index (χ4n) is 7.83. The van der Waals surface area contributed by atoms with Gasteiger partial charge in [0.2, 0.25) is 5.95 Å². The number of rotatable bonds is 8. The molecule has 0 saturated heterocycles. The molecule has 0 bridgehead atoms. The lowest BCUT2D eigenvalue weighted by Crippen LogP contribution is -2.07. The number of para-hydroxylation sites is 2. The van der Waals surface area contributed by atoms with E-state index in [1.807, 2.05) is 91.0 Å². The van der Waals surface area contributed by atoms with E-state index in [-0.39, 0.29) is 16.9 Å². The second-order valence-electron chi connectivity index (χ2n) is 14.0. The number of fused-ring (bicyclic) bond motifs is 6. The van der Waals surface area contributed by atoms with Crippen molar-refractivity contribution in [3.63, 3.8) is 0 Å². The van der Waals surface area contributed by atoms with Crippen LogP contribution in [0, 0.1) is 0 Å². The van der Waals surface area contributed by atoms with Crippen LogP contribution in [0.3, 0.4) is 0 Å². The maximum atomic E-state index is 13.7. The van der Waals surface area contributed by atoms with Gasteiger partial charge < -0.3 is 14.4 Å². The average molecular weight is 794 g/mol. The standard InChI is InChI=1S/C47H31N5O6S/c1-58-42-27-41(53)36(26-43(42)59(55,56)57)44(54)28-20-22-31(23-21-28)51-37-18-10-8-16-32(37)34-25-40-35(24-39(34)51)33-17-9-11-19-38(33)52(40)47-49-45(29-12-4-2-5-13-29)48-46(50-47)30-14-6-3-7-15-30/h2-27,53H,1H3,(H,55,56,57). The van der Waals surface area contributed by atoms with Crippen molar-refractivity contribution in [2.75, 3.05) is 7.11 Å². The highest BCUT2D eigenvalue weighted by Crippen LogP contribution is 2.40. The van der Waals surface area contributed by atoms with E-state index in [1.165, 1.54) is 7.11 Å². The molecule has 7 aromatic carbocycles. The average Bonchev–Trinajstić information content (AvgIpc) is 3.77. The first kappa shape index (κ1) is 35.7. The summed E-state index contributed by atoms with van der Waals surface area (Å²) in [4.78, 5) is 28.1. The van der Waals surface area contributed by atoms with Crippen LogP contribution in [0.15, 0.2) is 163 Å². The first-order valence-electron chi connectivity index (χ1n) is 18.6. The first-order valence-corrected chi connectivity index (χ1v) is 20.0. The highest BCUT2D eigenvalue weighted by Gasteiger charge is 2.25. The van der Waals surface area contributed by atoms with Crippen LogP contribution in [0.25, 0.3) is 78.0 Å². The second kappa shape index (κ2) is 13.8. The Labute approximate surface area is 336 Å². The van der Waals surface area contributed by atoms with Gasteiger partial charge in [0, 0.05) is 50.0 Å². The number of methoxy groups -OCH3 is 1. The van der Waals surface area contributed by atoms with Gasteiger partial charge in [-0.3, -0.25) is 13.9 Å². The first-order chi connectivity index (χ1) is 28.7. The molecular formula is C47H31N5O6S. The predicted molar refractivity (Wildman–Crippen MR) is 227 cm³/mol. The summed E-state index contributed by atoms with van der Waals surface area (Å²) >= 11 is 0. The van der Waals surface area contributed by atoms with Crippen molar-refractivity contribution in [2.45, 2.75) is 4.90 Å². The van der Waals surface area contributed by atoms with Gasteiger partial charge in [-0.1, -0.05) is 97.1 Å². The van der Waals surface area contributed by atoms with E-state index >= 15 is 0 Å². The van der Waals surface area contributed by atoms with E-state index in [4.69, 9.17) is 19.7 Å². The number of ketones is 1. The third kappa shape index (κ3) is 5.97. The molecule has 0 aliphatic rings. The number of aromatic nitrogens is 5. The van der Waals surface area contributed by atoms with Crippen LogP contribution in [0.4, 0.5) is 0 Å². The topological polar surface area (TPSA) is 149 Å². The summed E-state index contributed by atoms with van der Waals surface area (Å²) in [5.74, 6) is 0.185. The predicted octanol–water partition coefficient (Wildman–Crippen LogP) is 9.59. The zero-order valence-corrected chi connectivity index (χ0v) is 32.0. The van der Waals surface area contributed by atoms with Crippen LogP contribution < -0.4 is 4.74 Å². The minimum absolute atomic E-state index is 0.198. The van der Waals surface area contributed by atoms with Crippen molar-refractivity contribution < 1.29 is 27.6 Å². The van der Waals surface area contributed by atoms with E-state index in [2.05, 4.69) is 39.5 Å².